The number of aryl methyl sites for hydroxylation is 2. The maximum atomic E-state index is 12.3. The van der Waals surface area contributed by atoms with Gasteiger partial charge in [-0.3, -0.25) is 9.82 Å². The molecule has 0 amide bonds. The van der Waals surface area contributed by atoms with Gasteiger partial charge in [-0.05, 0) is 37.1 Å². The van der Waals surface area contributed by atoms with Crippen LogP contribution >= 0.6 is 15.9 Å². The van der Waals surface area contributed by atoms with Gasteiger partial charge in [0.25, 0.3) is 10.0 Å². The van der Waals surface area contributed by atoms with E-state index in [-0.39, 0.29) is 10.6 Å². The monoisotopic (exact) mass is 359 g/mol. The lowest BCUT2D eigenvalue weighted by Gasteiger charge is -2.13. The van der Waals surface area contributed by atoms with Crippen LogP contribution in [-0.2, 0) is 16.6 Å². The van der Waals surface area contributed by atoms with Crippen molar-refractivity contribution in [3.05, 3.63) is 39.5 Å². The third kappa shape index (κ3) is 2.87. The number of halogens is 1. The van der Waals surface area contributed by atoms with Gasteiger partial charge in [0.1, 0.15) is 0 Å². The Morgan fingerprint density at radius 2 is 1.95 bits per heavy atom. The normalized spacial score (nSPS) is 11.6. The van der Waals surface area contributed by atoms with Crippen molar-refractivity contribution in [1.29, 1.82) is 0 Å². The van der Waals surface area contributed by atoms with Crippen LogP contribution in [0.3, 0.4) is 0 Å². The zero-order valence-electron chi connectivity index (χ0n) is 10.9. The van der Waals surface area contributed by atoms with Crippen LogP contribution in [0, 0.1) is 13.8 Å². The summed E-state index contributed by atoms with van der Waals surface area (Å²) in [7, 11) is -3.81. The molecule has 0 aliphatic carbocycles. The van der Waals surface area contributed by atoms with E-state index < -0.39 is 16.6 Å². The Balaban J connectivity index is 2.44. The smallest absolute Gasteiger partial charge is 0.279 e. The van der Waals surface area contributed by atoms with Gasteiger partial charge in [0.2, 0.25) is 0 Å². The zero-order chi connectivity index (χ0) is 14.9. The molecule has 1 heterocycles. The van der Waals surface area contributed by atoms with Crippen molar-refractivity contribution in [1.82, 2.24) is 10.2 Å². The Morgan fingerprint density at radius 1 is 1.35 bits per heavy atom. The summed E-state index contributed by atoms with van der Waals surface area (Å²) in [5.41, 5.74) is 2.34. The Labute approximate surface area is 125 Å². The second kappa shape index (κ2) is 5.55. The average Bonchev–Trinajstić information content (AvgIpc) is 2.83. The number of hydrogen-bond acceptors (Lipinski definition) is 4. The van der Waals surface area contributed by atoms with Gasteiger partial charge in [-0.15, -0.1) is 0 Å². The minimum absolute atomic E-state index is 0.123. The van der Waals surface area contributed by atoms with Crippen LogP contribution in [0.25, 0.3) is 0 Å². The molecule has 0 bridgehead atoms. The van der Waals surface area contributed by atoms with Crippen LogP contribution < -0.4 is 4.72 Å². The first-order valence-corrected chi connectivity index (χ1v) is 8.05. The van der Waals surface area contributed by atoms with E-state index in [1.54, 1.807) is 0 Å². The lowest BCUT2D eigenvalue weighted by Crippen LogP contribution is -2.16. The standard InChI is InChI=1S/C12H14BrN3O3S/c1-7-3-10(13)4-8(2)11(7)16-20(18,19)12-9(6-17)5-14-15-12/h3-5,16-17H,6H2,1-2H3,(H,14,15). The van der Waals surface area contributed by atoms with Crippen molar-refractivity contribution >= 4 is 31.6 Å². The van der Waals surface area contributed by atoms with Crippen molar-refractivity contribution in [3.8, 4) is 0 Å². The molecule has 0 aliphatic heterocycles. The van der Waals surface area contributed by atoms with Gasteiger partial charge in [-0.2, -0.15) is 13.5 Å². The summed E-state index contributed by atoms with van der Waals surface area (Å²) < 4.78 is 28.1. The van der Waals surface area contributed by atoms with Gasteiger partial charge in [0, 0.05) is 10.0 Å². The number of nitrogens with zero attached hydrogens (tertiary/aromatic N) is 1. The highest BCUT2D eigenvalue weighted by atomic mass is 79.9. The molecule has 8 heteroatoms. The summed E-state index contributed by atoms with van der Waals surface area (Å²) >= 11 is 3.36. The number of benzene rings is 1. The number of rotatable bonds is 4. The van der Waals surface area contributed by atoms with Gasteiger partial charge < -0.3 is 5.11 Å². The fourth-order valence-corrected chi connectivity index (χ4v) is 3.92. The third-order valence-corrected chi connectivity index (χ3v) is 4.67. The molecule has 0 saturated heterocycles. The largest absolute Gasteiger partial charge is 0.392 e. The van der Waals surface area contributed by atoms with E-state index in [1.807, 2.05) is 26.0 Å². The summed E-state index contributed by atoms with van der Waals surface area (Å²) in [5.74, 6) is 0. The van der Waals surface area contributed by atoms with Crippen molar-refractivity contribution in [3.63, 3.8) is 0 Å². The van der Waals surface area contributed by atoms with Crippen LogP contribution in [0.4, 0.5) is 5.69 Å². The Hall–Kier alpha value is -1.38. The second-order valence-electron chi connectivity index (χ2n) is 4.40. The molecule has 6 nitrogen and oxygen atoms in total. The lowest BCUT2D eigenvalue weighted by molar-refractivity contribution is 0.278. The van der Waals surface area contributed by atoms with Crippen molar-refractivity contribution < 1.29 is 13.5 Å². The summed E-state index contributed by atoms with van der Waals surface area (Å²) in [4.78, 5) is 0. The van der Waals surface area contributed by atoms with Crippen LogP contribution in [0.5, 0.6) is 0 Å². The maximum absolute atomic E-state index is 12.3. The topological polar surface area (TPSA) is 95.1 Å². The van der Waals surface area contributed by atoms with Crippen LogP contribution in [0.2, 0.25) is 0 Å². The Kier molecular flexibility index (Phi) is 4.17. The van der Waals surface area contributed by atoms with E-state index >= 15 is 0 Å². The summed E-state index contributed by atoms with van der Waals surface area (Å²) in [6, 6.07) is 3.65. The lowest BCUT2D eigenvalue weighted by atomic mass is 10.1. The number of aromatic amines is 1. The number of aliphatic hydroxyl groups is 1. The highest BCUT2D eigenvalue weighted by Gasteiger charge is 2.22. The zero-order valence-corrected chi connectivity index (χ0v) is 13.3. The molecule has 108 valence electrons. The highest BCUT2D eigenvalue weighted by Crippen LogP contribution is 2.27. The summed E-state index contributed by atoms with van der Waals surface area (Å²) in [5, 5.41) is 15.0. The third-order valence-electron chi connectivity index (χ3n) is 2.85. The van der Waals surface area contributed by atoms with Crippen molar-refractivity contribution in [2.75, 3.05) is 4.72 Å². The molecular weight excluding hydrogens is 346 g/mol. The summed E-state index contributed by atoms with van der Waals surface area (Å²) in [6.07, 6.45) is 1.29. The molecule has 2 rings (SSSR count). The van der Waals surface area contributed by atoms with Crippen molar-refractivity contribution in [2.45, 2.75) is 25.5 Å². The van der Waals surface area contributed by atoms with Crippen LogP contribution in [0.15, 0.2) is 27.8 Å². The minimum Gasteiger partial charge on any atom is -0.392 e. The number of nitrogens with one attached hydrogen (secondary N) is 2. The van der Waals surface area contributed by atoms with E-state index in [0.717, 1.165) is 15.6 Å². The minimum atomic E-state index is -3.81. The number of sulfonamides is 1. The predicted octanol–water partition coefficient (Wildman–Crippen LogP) is 2.08. The maximum Gasteiger partial charge on any atom is 0.279 e. The van der Waals surface area contributed by atoms with Crippen LogP contribution in [0.1, 0.15) is 16.7 Å². The molecule has 1 aromatic carbocycles. The molecule has 0 unspecified atom stereocenters. The summed E-state index contributed by atoms with van der Waals surface area (Å²) in [6.45, 7) is 3.23. The molecule has 0 fully saturated rings. The van der Waals surface area contributed by atoms with E-state index in [2.05, 4.69) is 30.8 Å². The fourth-order valence-electron chi connectivity index (χ4n) is 1.90. The van der Waals surface area contributed by atoms with Crippen molar-refractivity contribution in [2.24, 2.45) is 0 Å². The molecule has 0 radical (unpaired) electrons. The Bertz CT molecular complexity index is 717. The van der Waals surface area contributed by atoms with Gasteiger partial charge in [0.15, 0.2) is 5.03 Å². The molecule has 0 spiro atoms. The highest BCUT2D eigenvalue weighted by molar-refractivity contribution is 9.10. The molecular formula is C12H14BrN3O3S. The molecule has 0 atom stereocenters. The molecule has 20 heavy (non-hydrogen) atoms. The van der Waals surface area contributed by atoms with E-state index in [0.29, 0.717) is 5.69 Å². The average molecular weight is 360 g/mol. The Morgan fingerprint density at radius 3 is 2.50 bits per heavy atom. The van der Waals surface area contributed by atoms with E-state index in [1.165, 1.54) is 6.20 Å². The molecule has 2 aromatic rings. The fraction of sp³-hybridized carbons (Fsp3) is 0.250. The molecule has 0 saturated carbocycles. The number of aliphatic hydroxyl groups excluding tert-OH is 1. The number of hydrogen-bond donors (Lipinski definition) is 3. The van der Waals surface area contributed by atoms with Crippen LogP contribution in [-0.4, -0.2) is 23.7 Å². The predicted molar refractivity (Wildman–Crippen MR) is 78.9 cm³/mol. The first kappa shape index (κ1) is 15.0. The SMILES string of the molecule is Cc1cc(Br)cc(C)c1NS(=O)(=O)c1[nH]ncc1CO. The second-order valence-corrected chi connectivity index (χ2v) is 6.94. The van der Waals surface area contributed by atoms with E-state index in [9.17, 15) is 8.42 Å². The molecule has 3 N–H and O–H groups in total. The van der Waals surface area contributed by atoms with Gasteiger partial charge in [0.05, 0.1) is 18.5 Å². The number of anilines is 1. The van der Waals surface area contributed by atoms with E-state index in [4.69, 9.17) is 5.11 Å². The van der Waals surface area contributed by atoms with Gasteiger partial charge in [-0.1, -0.05) is 15.9 Å². The quantitative estimate of drug-likeness (QED) is 0.778. The number of aromatic nitrogens is 2. The first-order chi connectivity index (χ1) is 9.35. The molecule has 0 aliphatic rings. The molecule has 1 aromatic heterocycles. The van der Waals surface area contributed by atoms with Gasteiger partial charge in [-0.25, -0.2) is 0 Å². The van der Waals surface area contributed by atoms with Gasteiger partial charge >= 0.3 is 0 Å². The number of H-pyrrole nitrogens is 1. The first-order valence-electron chi connectivity index (χ1n) is 5.78.